The third kappa shape index (κ3) is 4.65. The average Bonchev–Trinajstić information content (AvgIpc) is 2.86. The number of rotatable bonds is 4. The maximum absolute atomic E-state index is 12.7. The molecule has 1 fully saturated rings. The summed E-state index contributed by atoms with van der Waals surface area (Å²) < 4.78 is 28.0. The molecule has 3 rings (SSSR count). The van der Waals surface area contributed by atoms with Gasteiger partial charge in [0, 0.05) is 18.9 Å². The minimum absolute atomic E-state index is 0.0135. The Hall–Kier alpha value is -2.42. The lowest BCUT2D eigenvalue weighted by Gasteiger charge is -2.27. The summed E-state index contributed by atoms with van der Waals surface area (Å²) in [4.78, 5) is 38.1. The molecule has 9 heteroatoms. The Bertz CT molecular complexity index is 866. The lowest BCUT2D eigenvalue weighted by atomic mass is 10.1. The van der Waals surface area contributed by atoms with E-state index in [1.807, 2.05) is 0 Å². The second-order valence-corrected chi connectivity index (χ2v) is 9.24. The topological polar surface area (TPSA) is 110 Å². The monoisotopic (exact) mass is 394 g/mol. The molecule has 8 nitrogen and oxygen atoms in total. The molecule has 0 unspecified atom stereocenters. The molecule has 2 aliphatic heterocycles. The average molecular weight is 394 g/mol. The van der Waals surface area contributed by atoms with E-state index in [-0.39, 0.29) is 42.2 Å². The van der Waals surface area contributed by atoms with Gasteiger partial charge in [-0.05, 0) is 31.4 Å². The maximum Gasteiger partial charge on any atom is 0.306 e. The van der Waals surface area contributed by atoms with E-state index >= 15 is 0 Å². The highest BCUT2D eigenvalue weighted by molar-refractivity contribution is 7.91. The van der Waals surface area contributed by atoms with Crippen LogP contribution < -0.4 is 10.2 Å². The summed E-state index contributed by atoms with van der Waals surface area (Å²) in [6.45, 7) is 1.30. The van der Waals surface area contributed by atoms with Crippen molar-refractivity contribution in [1.29, 1.82) is 0 Å². The van der Waals surface area contributed by atoms with Gasteiger partial charge >= 0.3 is 5.97 Å². The third-order valence-electron chi connectivity index (χ3n) is 4.77. The number of anilines is 2. The van der Waals surface area contributed by atoms with Crippen molar-refractivity contribution < 1.29 is 27.5 Å². The van der Waals surface area contributed by atoms with E-state index in [1.54, 1.807) is 31.2 Å². The van der Waals surface area contributed by atoms with Gasteiger partial charge in [0.1, 0.15) is 0 Å². The van der Waals surface area contributed by atoms with Gasteiger partial charge in [-0.25, -0.2) is 8.42 Å². The molecule has 27 heavy (non-hydrogen) atoms. The molecule has 2 amide bonds. The molecule has 146 valence electrons. The van der Waals surface area contributed by atoms with Crippen LogP contribution in [0.4, 0.5) is 11.4 Å². The highest BCUT2D eigenvalue weighted by Crippen LogP contribution is 2.31. The number of esters is 1. The molecule has 0 bridgehead atoms. The molecule has 1 aromatic rings. The number of para-hydroxylation sites is 2. The van der Waals surface area contributed by atoms with Crippen molar-refractivity contribution in [3.8, 4) is 0 Å². The van der Waals surface area contributed by atoms with E-state index in [4.69, 9.17) is 4.74 Å². The second kappa shape index (κ2) is 7.67. The van der Waals surface area contributed by atoms with Gasteiger partial charge in [-0.15, -0.1) is 0 Å². The van der Waals surface area contributed by atoms with E-state index in [9.17, 15) is 22.8 Å². The highest BCUT2D eigenvalue weighted by atomic mass is 32.2. The Morgan fingerprint density at radius 1 is 1.30 bits per heavy atom. The molecule has 2 atom stereocenters. The van der Waals surface area contributed by atoms with Crippen molar-refractivity contribution in [3.63, 3.8) is 0 Å². The summed E-state index contributed by atoms with van der Waals surface area (Å²) >= 11 is 0. The molecule has 2 aliphatic rings. The van der Waals surface area contributed by atoms with Gasteiger partial charge in [0.15, 0.2) is 16.4 Å². The van der Waals surface area contributed by atoms with Gasteiger partial charge in [0.25, 0.3) is 5.91 Å². The summed E-state index contributed by atoms with van der Waals surface area (Å²) in [5, 5.41) is 2.76. The van der Waals surface area contributed by atoms with Crippen molar-refractivity contribution >= 4 is 39.0 Å². The van der Waals surface area contributed by atoms with Crippen LogP contribution in [-0.4, -0.2) is 50.4 Å². The van der Waals surface area contributed by atoms with Crippen LogP contribution in [0.5, 0.6) is 0 Å². The van der Waals surface area contributed by atoms with Crippen LogP contribution in [0.1, 0.15) is 26.2 Å². The Morgan fingerprint density at radius 3 is 2.74 bits per heavy atom. The standard InChI is InChI=1S/C18H22N2O6S/c1-12-8-16(21)19-14-4-2-3-5-15(14)20(12)17(22)10-26-18(23)9-13-6-7-27(24,25)11-13/h2-5,12-13H,6-11H2,1H3,(H,19,21)/t12-,13+/m0/s1. The number of fused-ring (bicyclic) bond motifs is 1. The molecular formula is C18H22N2O6S. The Morgan fingerprint density at radius 2 is 2.04 bits per heavy atom. The van der Waals surface area contributed by atoms with Crippen molar-refractivity contribution in [2.45, 2.75) is 32.2 Å². The van der Waals surface area contributed by atoms with Gasteiger partial charge in [-0.1, -0.05) is 12.1 Å². The zero-order valence-electron chi connectivity index (χ0n) is 15.0. The normalized spacial score (nSPS) is 23.9. The van der Waals surface area contributed by atoms with Crippen LogP contribution in [0.15, 0.2) is 24.3 Å². The van der Waals surface area contributed by atoms with Gasteiger partial charge in [0.2, 0.25) is 5.91 Å². The zero-order valence-corrected chi connectivity index (χ0v) is 15.8. The van der Waals surface area contributed by atoms with Crippen LogP contribution in [0, 0.1) is 5.92 Å². The van der Waals surface area contributed by atoms with E-state index < -0.39 is 28.3 Å². The number of sulfone groups is 1. The van der Waals surface area contributed by atoms with Gasteiger partial charge < -0.3 is 15.0 Å². The number of amides is 2. The molecule has 0 aromatic heterocycles. The first-order valence-electron chi connectivity index (χ1n) is 8.82. The molecule has 1 N–H and O–H groups in total. The lowest BCUT2D eigenvalue weighted by molar-refractivity contribution is -0.148. The fourth-order valence-electron chi connectivity index (χ4n) is 3.51. The second-order valence-electron chi connectivity index (χ2n) is 7.02. The predicted molar refractivity (Wildman–Crippen MR) is 99.0 cm³/mol. The Labute approximate surface area is 157 Å². The van der Waals surface area contributed by atoms with Crippen molar-refractivity contribution in [3.05, 3.63) is 24.3 Å². The number of carbonyl (C=O) groups excluding carboxylic acids is 3. The summed E-state index contributed by atoms with van der Waals surface area (Å²) in [6, 6.07) is 6.56. The maximum atomic E-state index is 12.7. The molecule has 2 heterocycles. The largest absolute Gasteiger partial charge is 0.456 e. The van der Waals surface area contributed by atoms with Crippen molar-refractivity contribution in [1.82, 2.24) is 0 Å². The number of benzene rings is 1. The van der Waals surface area contributed by atoms with Crippen molar-refractivity contribution in [2.24, 2.45) is 5.92 Å². The molecule has 0 aliphatic carbocycles. The van der Waals surface area contributed by atoms with E-state index in [0.717, 1.165) is 0 Å². The van der Waals surface area contributed by atoms with Gasteiger partial charge in [0.05, 0.1) is 22.9 Å². The minimum Gasteiger partial charge on any atom is -0.456 e. The molecule has 1 aromatic carbocycles. The smallest absolute Gasteiger partial charge is 0.306 e. The van der Waals surface area contributed by atoms with Crippen LogP contribution >= 0.6 is 0 Å². The van der Waals surface area contributed by atoms with Crippen molar-refractivity contribution in [2.75, 3.05) is 28.3 Å². The quantitative estimate of drug-likeness (QED) is 0.767. The fraction of sp³-hybridized carbons (Fsp3) is 0.500. The summed E-state index contributed by atoms with van der Waals surface area (Å²) in [6.07, 6.45) is 0.558. The number of ether oxygens (including phenoxy) is 1. The number of hydrogen-bond acceptors (Lipinski definition) is 6. The lowest BCUT2D eigenvalue weighted by Crippen LogP contribution is -2.41. The number of carbonyl (C=O) groups is 3. The Kier molecular flexibility index (Phi) is 5.50. The summed E-state index contributed by atoms with van der Waals surface area (Å²) in [5.41, 5.74) is 1.08. The van der Waals surface area contributed by atoms with Crippen LogP contribution in [0.3, 0.4) is 0 Å². The van der Waals surface area contributed by atoms with E-state index in [2.05, 4.69) is 5.32 Å². The Balaban J connectivity index is 1.63. The summed E-state index contributed by atoms with van der Waals surface area (Å²) in [5.74, 6) is -1.39. The predicted octanol–water partition coefficient (Wildman–Crippen LogP) is 1.12. The van der Waals surface area contributed by atoms with Gasteiger partial charge in [-0.3, -0.25) is 14.4 Å². The molecular weight excluding hydrogens is 372 g/mol. The third-order valence-corrected chi connectivity index (χ3v) is 6.60. The van der Waals surface area contributed by atoms with E-state index in [1.165, 1.54) is 4.90 Å². The molecule has 1 saturated heterocycles. The zero-order chi connectivity index (χ0) is 19.6. The van der Waals surface area contributed by atoms with Crippen LogP contribution in [-0.2, 0) is 29.0 Å². The first-order valence-corrected chi connectivity index (χ1v) is 10.6. The number of nitrogens with zero attached hydrogens (tertiary/aromatic N) is 1. The molecule has 0 spiro atoms. The molecule has 0 saturated carbocycles. The van der Waals surface area contributed by atoms with Gasteiger partial charge in [-0.2, -0.15) is 0 Å². The first-order chi connectivity index (χ1) is 12.7. The fourth-order valence-corrected chi connectivity index (χ4v) is 5.37. The molecule has 0 radical (unpaired) electrons. The van der Waals surface area contributed by atoms with Crippen LogP contribution in [0.2, 0.25) is 0 Å². The van der Waals surface area contributed by atoms with E-state index in [0.29, 0.717) is 17.8 Å². The minimum atomic E-state index is -3.06. The SMILES string of the molecule is C[C@H]1CC(=O)Nc2ccccc2N1C(=O)COC(=O)C[C@H]1CCS(=O)(=O)C1. The number of hydrogen-bond donors (Lipinski definition) is 1. The number of nitrogens with one attached hydrogen (secondary N) is 1. The van der Waals surface area contributed by atoms with Crippen LogP contribution in [0.25, 0.3) is 0 Å². The summed E-state index contributed by atoms with van der Waals surface area (Å²) in [7, 11) is -3.06. The first kappa shape index (κ1) is 19.3. The highest BCUT2D eigenvalue weighted by Gasteiger charge is 2.32.